The monoisotopic (exact) mass is 853 g/mol. The number of carbonyl (C=O) groups is 1. The molecule has 0 saturated carbocycles. The van der Waals surface area contributed by atoms with Crippen LogP contribution in [0.4, 0.5) is 5.69 Å². The molecule has 0 spiro atoms. The lowest BCUT2D eigenvalue weighted by atomic mass is 9.77. The molecule has 1 N–H and O–H groups in total. The first-order valence-corrected chi connectivity index (χ1v) is 30.7. The van der Waals surface area contributed by atoms with Crippen molar-refractivity contribution in [3.05, 3.63) is 53.1 Å². The highest BCUT2D eigenvalue weighted by Gasteiger charge is 2.57. The molecule has 2 fully saturated rings. The van der Waals surface area contributed by atoms with Crippen molar-refractivity contribution in [2.45, 2.75) is 186 Å². The van der Waals surface area contributed by atoms with Crippen molar-refractivity contribution in [1.82, 2.24) is 9.55 Å². The van der Waals surface area contributed by atoms with Crippen molar-refractivity contribution >= 4 is 41.9 Å². The van der Waals surface area contributed by atoms with E-state index < -0.39 is 66.9 Å². The molecule has 12 heteroatoms. The van der Waals surface area contributed by atoms with Gasteiger partial charge in [0.2, 0.25) is 0 Å². The number of nitriles is 1. The molecule has 0 aromatic carbocycles. The Morgan fingerprint density at radius 1 is 1.03 bits per heavy atom. The van der Waals surface area contributed by atoms with E-state index in [2.05, 4.69) is 119 Å². The second-order valence-electron chi connectivity index (χ2n) is 22.1. The number of pyridine rings is 1. The van der Waals surface area contributed by atoms with E-state index in [1.54, 1.807) is 29.0 Å². The largest absolute Gasteiger partial charge is 0.414 e. The zero-order valence-electron chi connectivity index (χ0n) is 42.4. The van der Waals surface area contributed by atoms with Crippen LogP contribution in [0.3, 0.4) is 0 Å². The van der Waals surface area contributed by atoms with Gasteiger partial charge in [-0.25, -0.2) is 0 Å². The lowest BCUT2D eigenvalue weighted by molar-refractivity contribution is -0.173. The number of carbonyl (C=O) groups excluding carboxylic acids is 1. The Morgan fingerprint density at radius 2 is 1.66 bits per heavy atom. The second kappa shape index (κ2) is 16.8. The predicted molar refractivity (Wildman–Crippen MR) is 245 cm³/mol. The molecule has 58 heavy (non-hydrogen) atoms. The lowest BCUT2D eigenvalue weighted by Gasteiger charge is -2.47. The fourth-order valence-corrected chi connectivity index (χ4v) is 9.71. The molecule has 4 heterocycles. The third-order valence-electron chi connectivity index (χ3n) is 13.2. The maximum absolute atomic E-state index is 14.2. The highest BCUT2D eigenvalue weighted by molar-refractivity contribution is 6.76. The number of hydrogen-bond donors (Lipinski definition) is 1. The zero-order chi connectivity index (χ0) is 46.7. The molecule has 9 nitrogen and oxygen atoms in total. The van der Waals surface area contributed by atoms with Gasteiger partial charge in [0.05, 0.1) is 41.4 Å². The average Bonchev–Trinajstić information content (AvgIpc) is 3.65. The number of nitrogens with zero attached hydrogens (tertiary/aromatic N) is 3. The summed E-state index contributed by atoms with van der Waals surface area (Å²) < 4.78 is 68.1. The van der Waals surface area contributed by atoms with E-state index in [1.807, 2.05) is 0 Å². The molecule has 6 unspecified atom stereocenters. The molecule has 2 aliphatic heterocycles. The minimum atomic E-state index is -2.44. The first-order chi connectivity index (χ1) is 28.2. The Balaban J connectivity index is 1.61. The summed E-state index contributed by atoms with van der Waals surface area (Å²) in [5.41, 5.74) is -0.0335. The van der Waals surface area contributed by atoms with Crippen molar-refractivity contribution in [3.63, 3.8) is 0 Å². The SMILES string of the molecule is [2H]C1C([2H])C2(CO[Si](C)(C)C(C)(C)C)OC1(CO[Si](C)(C)C(C)(C)C)CC([2H])(c1ccc(NC(=O)c3cc(C#N)cn3COCC[Si](C)(C)C)c(C3=CCC(C)(C)CC3)n1)C2[2H]. The average molecular weight is 853 g/mol. The van der Waals surface area contributed by atoms with Crippen molar-refractivity contribution in [2.75, 3.05) is 25.1 Å². The minimum absolute atomic E-state index is 0.0235. The molecule has 2 saturated heterocycles. The van der Waals surface area contributed by atoms with Crippen LogP contribution >= 0.6 is 0 Å². The smallest absolute Gasteiger partial charge is 0.272 e. The number of rotatable bonds is 15. The van der Waals surface area contributed by atoms with E-state index in [4.69, 9.17) is 23.3 Å². The van der Waals surface area contributed by atoms with Gasteiger partial charge in [-0.05, 0) is 116 Å². The normalized spacial score (nSPS) is 30.1. The molecule has 2 aromatic rings. The fraction of sp³-hybridized carbons (Fsp3) is 0.717. The molecule has 5 rings (SSSR count). The highest BCUT2D eigenvalue weighted by Crippen LogP contribution is 2.55. The van der Waals surface area contributed by atoms with Crippen LogP contribution in [0, 0.1) is 16.7 Å². The van der Waals surface area contributed by atoms with Crippen LogP contribution in [-0.2, 0) is 25.1 Å². The van der Waals surface area contributed by atoms with Gasteiger partial charge in [0, 0.05) is 37.9 Å². The van der Waals surface area contributed by atoms with Gasteiger partial charge < -0.3 is 28.2 Å². The second-order valence-corrected chi connectivity index (χ2v) is 37.3. The fourth-order valence-electron chi connectivity index (χ4n) is 6.89. The van der Waals surface area contributed by atoms with Crippen molar-refractivity contribution < 1.29 is 28.6 Å². The highest BCUT2D eigenvalue weighted by atomic mass is 28.4. The number of fused-ring (bicyclic) bond motifs is 2. The molecule has 2 aromatic heterocycles. The predicted octanol–water partition coefficient (Wildman–Crippen LogP) is 12.1. The number of aromatic nitrogens is 2. The summed E-state index contributed by atoms with van der Waals surface area (Å²) in [7, 11) is -6.17. The standard InChI is InChI=1S/C46H76N4O5Si3/c1-42(2,3)57(12,13)53-31-45-22-23-46(55-45,32-54-58(14,15)43(4,5)6)28-36(27-45)37-16-17-38(40(48-37)35-18-20-44(7,8)21-19-35)49-41(51)39-26-34(29-47)30-50(39)33-52-24-25-56(9,10)11/h16-18,26,30,36H,19-25,27-28,31-33H2,1-15H3,(H,49,51)/i22D,23D,27D,36D. The summed E-state index contributed by atoms with van der Waals surface area (Å²) in [4.78, 5) is 19.5. The number of allylic oxidation sites excluding steroid dienone is 2. The maximum Gasteiger partial charge on any atom is 0.272 e. The summed E-state index contributed by atoms with van der Waals surface area (Å²) in [5.74, 6) is -2.16. The van der Waals surface area contributed by atoms with Gasteiger partial charge in [-0.2, -0.15) is 5.26 Å². The van der Waals surface area contributed by atoms with Gasteiger partial charge >= 0.3 is 0 Å². The number of ether oxygens (including phenoxy) is 2. The Bertz CT molecular complexity index is 2050. The van der Waals surface area contributed by atoms with Crippen LogP contribution < -0.4 is 5.32 Å². The van der Waals surface area contributed by atoms with Gasteiger partial charge in [0.15, 0.2) is 16.6 Å². The Hall–Kier alpha value is -2.38. The third-order valence-corrected chi connectivity index (χ3v) is 23.8. The molecular formula is C46H76N4O5Si3. The lowest BCUT2D eigenvalue weighted by Crippen LogP contribution is -2.53. The molecule has 1 amide bonds. The van der Waals surface area contributed by atoms with Gasteiger partial charge in [0.25, 0.3) is 5.91 Å². The van der Waals surface area contributed by atoms with E-state index >= 15 is 0 Å². The summed E-state index contributed by atoms with van der Waals surface area (Å²) in [6, 6.07) is 8.18. The van der Waals surface area contributed by atoms with E-state index in [1.165, 1.54) is 0 Å². The number of anilines is 1. The summed E-state index contributed by atoms with van der Waals surface area (Å²) in [5, 5.41) is 12.6. The quantitative estimate of drug-likeness (QED) is 0.140. The van der Waals surface area contributed by atoms with Crippen LogP contribution in [0.5, 0.6) is 0 Å². The number of hydrogen-bond acceptors (Lipinski definition) is 7. The first-order valence-electron chi connectivity index (χ1n) is 23.4. The van der Waals surface area contributed by atoms with E-state index in [9.17, 15) is 15.5 Å². The Morgan fingerprint density at radius 3 is 2.22 bits per heavy atom. The van der Waals surface area contributed by atoms with Crippen LogP contribution in [0.25, 0.3) is 5.57 Å². The topological polar surface area (TPSA) is 108 Å². The van der Waals surface area contributed by atoms with Crippen molar-refractivity contribution in [2.24, 2.45) is 5.41 Å². The summed E-state index contributed by atoms with van der Waals surface area (Å²) in [6.45, 7) is 33.3. The van der Waals surface area contributed by atoms with Gasteiger partial charge in [-0.15, -0.1) is 0 Å². The first kappa shape index (κ1) is 41.0. The van der Waals surface area contributed by atoms with Crippen molar-refractivity contribution in [1.29, 1.82) is 5.26 Å². The molecule has 3 aliphatic rings. The van der Waals surface area contributed by atoms with Crippen LogP contribution in [0.2, 0.25) is 61.9 Å². The summed E-state index contributed by atoms with van der Waals surface area (Å²) >= 11 is 0. The van der Waals surface area contributed by atoms with E-state index in [0.29, 0.717) is 35.7 Å². The molecule has 322 valence electrons. The van der Waals surface area contributed by atoms with Gasteiger partial charge in [0.1, 0.15) is 18.5 Å². The van der Waals surface area contributed by atoms with E-state index in [0.717, 1.165) is 24.5 Å². The van der Waals surface area contributed by atoms with Crippen LogP contribution in [0.1, 0.15) is 139 Å². The summed E-state index contributed by atoms with van der Waals surface area (Å²) in [6.07, 6.45) is 2.49. The molecule has 6 atom stereocenters. The number of nitrogens with one attached hydrogen (secondary N) is 1. The zero-order valence-corrected chi connectivity index (χ0v) is 41.4. The molecule has 1 aliphatic carbocycles. The number of amides is 1. The van der Waals surface area contributed by atoms with E-state index in [-0.39, 0.29) is 47.6 Å². The van der Waals surface area contributed by atoms with Gasteiger partial charge in [-0.1, -0.05) is 81.1 Å². The van der Waals surface area contributed by atoms with Crippen molar-refractivity contribution in [3.8, 4) is 6.07 Å². The van der Waals surface area contributed by atoms with Crippen LogP contribution in [-0.4, -0.2) is 71.2 Å². The minimum Gasteiger partial charge on any atom is -0.414 e. The molecular weight excluding hydrogens is 773 g/mol. The molecule has 2 bridgehead atoms. The molecule has 0 radical (unpaired) electrons. The maximum atomic E-state index is 14.2. The third kappa shape index (κ3) is 11.1. The Labute approximate surface area is 359 Å². The van der Waals surface area contributed by atoms with Crippen LogP contribution in [0.15, 0.2) is 30.5 Å². The Kier molecular flexibility index (Phi) is 11.9. The van der Waals surface area contributed by atoms with Gasteiger partial charge in [-0.3, -0.25) is 9.78 Å².